The van der Waals surface area contributed by atoms with Crippen LogP contribution in [0.25, 0.3) is 0 Å². The second kappa shape index (κ2) is 7.24. The van der Waals surface area contributed by atoms with Crippen LogP contribution in [0.3, 0.4) is 0 Å². The molecule has 1 fully saturated rings. The van der Waals surface area contributed by atoms with E-state index in [0.717, 1.165) is 38.9 Å². The van der Waals surface area contributed by atoms with Gasteiger partial charge < -0.3 is 0 Å². The van der Waals surface area contributed by atoms with Crippen molar-refractivity contribution in [2.45, 2.75) is 48.9 Å². The van der Waals surface area contributed by atoms with Crippen molar-refractivity contribution in [2.24, 2.45) is 0 Å². The third kappa shape index (κ3) is 2.41. The molecule has 4 aromatic rings. The minimum absolute atomic E-state index is 0.0672. The van der Waals surface area contributed by atoms with E-state index in [-0.39, 0.29) is 29.1 Å². The Labute approximate surface area is 228 Å². The Morgan fingerprint density at radius 1 is 0.641 bits per heavy atom. The molecule has 0 saturated carbocycles. The molecule has 2 amide bonds. The van der Waals surface area contributed by atoms with Gasteiger partial charge in [-0.15, -0.1) is 0 Å². The van der Waals surface area contributed by atoms with Gasteiger partial charge in [0.15, 0.2) is 0 Å². The van der Waals surface area contributed by atoms with Crippen molar-refractivity contribution in [3.63, 3.8) is 0 Å². The van der Waals surface area contributed by atoms with Crippen molar-refractivity contribution < 1.29 is 9.59 Å². The summed E-state index contributed by atoms with van der Waals surface area (Å²) >= 11 is 0. The predicted octanol–water partition coefficient (Wildman–Crippen LogP) is 6.89. The van der Waals surface area contributed by atoms with Gasteiger partial charge in [0.25, 0.3) is 5.91 Å². The highest BCUT2D eigenvalue weighted by atomic mass is 16.2. The van der Waals surface area contributed by atoms with E-state index in [1.807, 2.05) is 42.5 Å². The molecule has 5 aliphatic rings. The fourth-order valence-corrected chi connectivity index (χ4v) is 8.25. The number of imide groups is 1. The van der Waals surface area contributed by atoms with E-state index in [0.29, 0.717) is 5.69 Å². The number of hydrogen-bond acceptors (Lipinski definition) is 2. The number of hydrogen-bond donors (Lipinski definition) is 0. The number of carbonyl (C=O) groups is 2. The van der Waals surface area contributed by atoms with Gasteiger partial charge in [-0.05, 0) is 50.4 Å². The number of para-hydroxylation sites is 1. The normalized spacial score (nSPS) is 27.5. The van der Waals surface area contributed by atoms with Gasteiger partial charge in [-0.25, -0.2) is 4.90 Å². The number of anilines is 1. The minimum atomic E-state index is -1.21. The second-order valence-electron chi connectivity index (χ2n) is 12.4. The van der Waals surface area contributed by atoms with Crippen LogP contribution in [0, 0.1) is 0 Å². The maximum Gasteiger partial charge on any atom is 0.250 e. The number of allylic oxidation sites excluding steroid dienone is 1. The minimum Gasteiger partial charge on any atom is -0.273 e. The van der Waals surface area contributed by atoms with Crippen LogP contribution in [0.2, 0.25) is 0 Å². The van der Waals surface area contributed by atoms with Crippen LogP contribution < -0.4 is 4.90 Å². The predicted molar refractivity (Wildman–Crippen MR) is 153 cm³/mol. The van der Waals surface area contributed by atoms with Crippen LogP contribution in [0.4, 0.5) is 5.69 Å². The van der Waals surface area contributed by atoms with Crippen molar-refractivity contribution in [3.8, 4) is 0 Å². The zero-order valence-electron chi connectivity index (χ0n) is 22.3. The number of rotatable bonds is 1. The van der Waals surface area contributed by atoms with Crippen molar-refractivity contribution in [3.05, 3.63) is 148 Å². The average Bonchev–Trinajstić information content (AvgIpc) is 3.10. The van der Waals surface area contributed by atoms with Gasteiger partial charge in [0.05, 0.1) is 5.69 Å². The average molecular weight is 508 g/mol. The van der Waals surface area contributed by atoms with Gasteiger partial charge >= 0.3 is 0 Å². The zero-order chi connectivity index (χ0) is 26.7. The van der Waals surface area contributed by atoms with E-state index in [1.54, 1.807) is 0 Å². The quantitative estimate of drug-likeness (QED) is 0.208. The van der Waals surface area contributed by atoms with Crippen LogP contribution in [0.1, 0.15) is 71.6 Å². The molecular weight excluding hydrogens is 478 g/mol. The van der Waals surface area contributed by atoms with Gasteiger partial charge in [0, 0.05) is 11.8 Å². The molecule has 4 bridgehead atoms. The summed E-state index contributed by atoms with van der Waals surface area (Å²) in [6, 6.07) is 33.0. The van der Waals surface area contributed by atoms with E-state index in [2.05, 4.69) is 87.5 Å². The topological polar surface area (TPSA) is 37.4 Å². The van der Waals surface area contributed by atoms with Crippen LogP contribution in [0.15, 0.2) is 109 Å². The monoisotopic (exact) mass is 507 g/mol. The lowest BCUT2D eigenvalue weighted by molar-refractivity contribution is -0.122. The first kappa shape index (κ1) is 22.7. The van der Waals surface area contributed by atoms with Crippen molar-refractivity contribution >= 4 is 17.5 Å². The summed E-state index contributed by atoms with van der Waals surface area (Å²) in [6.07, 6.45) is 4.32. The lowest BCUT2D eigenvalue weighted by Gasteiger charge is -2.53. The Morgan fingerprint density at radius 3 is 1.82 bits per heavy atom. The van der Waals surface area contributed by atoms with E-state index in [9.17, 15) is 0 Å². The van der Waals surface area contributed by atoms with Crippen molar-refractivity contribution in [1.29, 1.82) is 0 Å². The largest absolute Gasteiger partial charge is 0.273 e. The molecule has 1 heterocycles. The molecule has 3 nitrogen and oxygen atoms in total. The molecule has 4 aromatic carbocycles. The Bertz CT molecular complexity index is 1730. The van der Waals surface area contributed by atoms with Crippen LogP contribution in [-0.4, -0.2) is 11.8 Å². The molecule has 3 heteroatoms. The van der Waals surface area contributed by atoms with E-state index in [4.69, 9.17) is 0 Å². The van der Waals surface area contributed by atoms with Gasteiger partial charge in [-0.1, -0.05) is 124 Å². The fraction of sp³-hybridized carbons (Fsp3) is 0.222. The molecule has 2 unspecified atom stereocenters. The summed E-state index contributed by atoms with van der Waals surface area (Å²) in [5.74, 6) is -0.192. The first-order valence-corrected chi connectivity index (χ1v) is 13.8. The summed E-state index contributed by atoms with van der Waals surface area (Å²) in [5.41, 5.74) is 5.33. The third-order valence-corrected chi connectivity index (χ3v) is 9.67. The van der Waals surface area contributed by atoms with Gasteiger partial charge in [-0.3, -0.25) is 9.59 Å². The number of nitrogens with zero attached hydrogens (tertiary/aromatic N) is 1. The standard InChI is InChI=1S/C36H29NO2/c1-34(2,3)29-18-10-11-19-30(29)37-32(38)35-21-20-23(22-12-4-7-15-26(22)35)31-24-13-5-8-16-27(24)36(35,33(37)39)28-17-9-6-14-25(28)31/h4-21,23,31H,1-3H3. The lowest BCUT2D eigenvalue weighted by Crippen LogP contribution is -2.57. The fourth-order valence-electron chi connectivity index (χ4n) is 8.25. The first-order chi connectivity index (χ1) is 18.8. The maximum absolute atomic E-state index is 15.5. The van der Waals surface area contributed by atoms with E-state index >= 15 is 9.59 Å². The summed E-state index contributed by atoms with van der Waals surface area (Å²) < 4.78 is 0. The summed E-state index contributed by atoms with van der Waals surface area (Å²) in [7, 11) is 0. The third-order valence-electron chi connectivity index (χ3n) is 9.67. The molecule has 0 N–H and O–H groups in total. The Morgan fingerprint density at radius 2 is 1.18 bits per heavy atom. The molecule has 2 spiro atoms. The second-order valence-corrected chi connectivity index (χ2v) is 12.4. The van der Waals surface area contributed by atoms with E-state index in [1.165, 1.54) is 4.90 Å². The van der Waals surface area contributed by atoms with Gasteiger partial charge in [0.1, 0.15) is 10.8 Å². The Kier molecular flexibility index (Phi) is 4.22. The molecule has 9 rings (SSSR count). The molecule has 0 radical (unpaired) electrons. The van der Waals surface area contributed by atoms with Crippen molar-refractivity contribution in [1.82, 2.24) is 0 Å². The SMILES string of the molecule is CC(C)(C)c1ccccc1N1C(=O)C23C=CC(c4ccccc42)C2c4ccccc4C3(C1=O)c1ccccc12. The molecule has 1 aliphatic heterocycles. The lowest BCUT2D eigenvalue weighted by atomic mass is 9.45. The molecule has 0 aromatic heterocycles. The van der Waals surface area contributed by atoms with Crippen molar-refractivity contribution in [2.75, 3.05) is 4.90 Å². The number of carbonyl (C=O) groups excluding carboxylic acids is 2. The number of amides is 2. The summed E-state index contributed by atoms with van der Waals surface area (Å²) in [4.78, 5) is 32.3. The first-order valence-electron chi connectivity index (χ1n) is 13.8. The van der Waals surface area contributed by atoms with E-state index < -0.39 is 10.8 Å². The summed E-state index contributed by atoms with van der Waals surface area (Å²) in [6.45, 7) is 6.40. The smallest absolute Gasteiger partial charge is 0.250 e. The highest BCUT2D eigenvalue weighted by Crippen LogP contribution is 2.68. The molecule has 39 heavy (non-hydrogen) atoms. The maximum atomic E-state index is 15.5. The molecular formula is C36H29NO2. The Balaban J connectivity index is 1.58. The van der Waals surface area contributed by atoms with Gasteiger partial charge in [-0.2, -0.15) is 0 Å². The number of benzene rings is 4. The molecule has 2 atom stereocenters. The molecule has 4 aliphatic carbocycles. The molecule has 1 saturated heterocycles. The highest BCUT2D eigenvalue weighted by Gasteiger charge is 2.75. The highest BCUT2D eigenvalue weighted by molar-refractivity contribution is 6.32. The van der Waals surface area contributed by atoms with Crippen LogP contribution >= 0.6 is 0 Å². The van der Waals surface area contributed by atoms with Gasteiger partial charge in [0.2, 0.25) is 5.91 Å². The molecule has 190 valence electrons. The van der Waals surface area contributed by atoms with Crippen LogP contribution in [-0.2, 0) is 25.8 Å². The zero-order valence-corrected chi connectivity index (χ0v) is 22.3. The Hall–Kier alpha value is -4.24. The summed E-state index contributed by atoms with van der Waals surface area (Å²) in [5, 5.41) is 0. The van der Waals surface area contributed by atoms with Crippen LogP contribution in [0.5, 0.6) is 0 Å².